The first-order valence-corrected chi connectivity index (χ1v) is 3.66. The predicted octanol–water partition coefficient (Wildman–Crippen LogP) is 1.95. The molecule has 0 unspecified atom stereocenters. The van der Waals surface area contributed by atoms with E-state index in [4.69, 9.17) is 5.11 Å². The van der Waals surface area contributed by atoms with E-state index in [1.807, 2.05) is 0 Å². The molecule has 0 aromatic carbocycles. The smallest absolute Gasteiger partial charge is 0.468 e. The van der Waals surface area contributed by atoms with Gasteiger partial charge in [0.25, 0.3) is 0 Å². The van der Waals surface area contributed by atoms with Gasteiger partial charge in [-0.15, -0.1) is 0 Å². The molecule has 0 bridgehead atoms. The van der Waals surface area contributed by atoms with Crippen molar-refractivity contribution >= 4 is 5.97 Å². The summed E-state index contributed by atoms with van der Waals surface area (Å²) in [5.41, 5.74) is -0.681. The molecule has 7 heteroatoms. The first kappa shape index (κ1) is 10.6. The van der Waals surface area contributed by atoms with Crippen molar-refractivity contribution in [3.63, 3.8) is 0 Å². The van der Waals surface area contributed by atoms with E-state index in [-0.39, 0.29) is 12.2 Å². The highest BCUT2D eigenvalue weighted by atomic mass is 19.4. The highest BCUT2D eigenvalue weighted by Gasteiger charge is 2.39. The highest BCUT2D eigenvalue weighted by Crippen LogP contribution is 2.30. The van der Waals surface area contributed by atoms with Gasteiger partial charge < -0.3 is 9.52 Å². The van der Waals surface area contributed by atoms with Gasteiger partial charge in [-0.2, -0.15) is 18.2 Å². The molecule has 4 nitrogen and oxygen atoms in total. The van der Waals surface area contributed by atoms with Crippen molar-refractivity contribution in [1.82, 2.24) is 4.98 Å². The molecule has 0 spiro atoms. The first-order chi connectivity index (χ1) is 6.36. The third kappa shape index (κ3) is 1.86. The van der Waals surface area contributed by atoms with Gasteiger partial charge in [-0.3, -0.25) is 0 Å². The van der Waals surface area contributed by atoms with Crippen molar-refractivity contribution in [3.05, 3.63) is 17.3 Å². The average Bonchev–Trinajstić information content (AvgIpc) is 2.45. The van der Waals surface area contributed by atoms with Gasteiger partial charge in [0, 0.05) is 6.42 Å². The van der Waals surface area contributed by atoms with Crippen LogP contribution in [0.25, 0.3) is 0 Å². The monoisotopic (exact) mass is 209 g/mol. The molecule has 1 heterocycles. The van der Waals surface area contributed by atoms with Crippen molar-refractivity contribution in [2.75, 3.05) is 0 Å². The number of carbonyl (C=O) groups is 1. The van der Waals surface area contributed by atoms with Crippen LogP contribution in [-0.4, -0.2) is 16.1 Å². The Kier molecular flexibility index (Phi) is 2.50. The molecule has 1 rings (SSSR count). The van der Waals surface area contributed by atoms with Crippen LogP contribution < -0.4 is 0 Å². The Morgan fingerprint density at radius 2 is 2.14 bits per heavy atom. The summed E-state index contributed by atoms with van der Waals surface area (Å²) in [5.74, 6) is -3.32. The predicted molar refractivity (Wildman–Crippen MR) is 37.8 cm³/mol. The van der Waals surface area contributed by atoms with Crippen molar-refractivity contribution in [2.45, 2.75) is 19.5 Å². The Bertz CT molecular complexity index is 356. The van der Waals surface area contributed by atoms with E-state index in [0.29, 0.717) is 0 Å². The summed E-state index contributed by atoms with van der Waals surface area (Å²) in [5, 5.41) is 8.49. The zero-order valence-electron chi connectivity index (χ0n) is 7.05. The molecule has 0 amide bonds. The number of alkyl halides is 3. The van der Waals surface area contributed by atoms with Crippen LogP contribution in [0.3, 0.4) is 0 Å². The largest absolute Gasteiger partial charge is 0.476 e. The van der Waals surface area contributed by atoms with Crippen molar-refractivity contribution in [2.24, 2.45) is 0 Å². The lowest BCUT2D eigenvalue weighted by atomic mass is 10.3. The Labute approximate surface area is 76.4 Å². The van der Waals surface area contributed by atoms with Crippen LogP contribution in [0.1, 0.15) is 29.1 Å². The third-order valence-electron chi connectivity index (χ3n) is 1.46. The molecule has 78 valence electrons. The fourth-order valence-electron chi connectivity index (χ4n) is 0.880. The van der Waals surface area contributed by atoms with Crippen LogP contribution in [-0.2, 0) is 12.6 Å². The quantitative estimate of drug-likeness (QED) is 0.808. The summed E-state index contributed by atoms with van der Waals surface area (Å²) >= 11 is 0. The van der Waals surface area contributed by atoms with Crippen molar-refractivity contribution < 1.29 is 27.5 Å². The topological polar surface area (TPSA) is 63.3 Å². The van der Waals surface area contributed by atoms with Gasteiger partial charge in [-0.05, 0) is 0 Å². The van der Waals surface area contributed by atoms with Gasteiger partial charge in [-0.1, -0.05) is 6.92 Å². The van der Waals surface area contributed by atoms with E-state index in [1.54, 1.807) is 0 Å². The van der Waals surface area contributed by atoms with Crippen LogP contribution in [0.4, 0.5) is 13.2 Å². The van der Waals surface area contributed by atoms with Gasteiger partial charge in [0.05, 0.1) is 0 Å². The number of carboxylic acids is 1. The van der Waals surface area contributed by atoms with Crippen molar-refractivity contribution in [3.8, 4) is 0 Å². The van der Waals surface area contributed by atoms with E-state index in [0.717, 1.165) is 0 Å². The van der Waals surface area contributed by atoms with Gasteiger partial charge >= 0.3 is 18.0 Å². The number of aromatic nitrogens is 1. The van der Waals surface area contributed by atoms with Crippen LogP contribution in [0.2, 0.25) is 0 Å². The van der Waals surface area contributed by atoms with Crippen LogP contribution in [0.5, 0.6) is 0 Å². The molecule has 0 radical (unpaired) electrons. The number of oxazole rings is 1. The molecule has 0 aliphatic rings. The third-order valence-corrected chi connectivity index (χ3v) is 1.46. The fourth-order valence-corrected chi connectivity index (χ4v) is 0.880. The molecule has 0 saturated heterocycles. The Morgan fingerprint density at radius 3 is 2.43 bits per heavy atom. The van der Waals surface area contributed by atoms with Gasteiger partial charge in [0.2, 0.25) is 0 Å². The first-order valence-electron chi connectivity index (χ1n) is 3.66. The normalized spacial score (nSPS) is 11.7. The molecule has 1 aromatic rings. The molecule has 0 aliphatic carbocycles. The Balaban J connectivity index is 3.20. The van der Waals surface area contributed by atoms with Crippen LogP contribution in [0.15, 0.2) is 4.42 Å². The lowest BCUT2D eigenvalue weighted by molar-refractivity contribution is -0.157. The maximum Gasteiger partial charge on any atom is 0.468 e. The minimum absolute atomic E-state index is 0.0463. The van der Waals surface area contributed by atoms with Crippen LogP contribution in [0, 0.1) is 0 Å². The zero-order valence-corrected chi connectivity index (χ0v) is 7.05. The maximum absolute atomic E-state index is 12.0. The van der Waals surface area contributed by atoms with Gasteiger partial charge in [0.1, 0.15) is 5.76 Å². The molecule has 14 heavy (non-hydrogen) atoms. The molecule has 1 aromatic heterocycles. The second-order valence-corrected chi connectivity index (χ2v) is 2.45. The summed E-state index contributed by atoms with van der Waals surface area (Å²) < 4.78 is 40.4. The van der Waals surface area contributed by atoms with Crippen LogP contribution >= 0.6 is 0 Å². The number of hydrogen-bond acceptors (Lipinski definition) is 3. The number of nitrogens with zero attached hydrogens (tertiary/aromatic N) is 1. The van der Waals surface area contributed by atoms with E-state index >= 15 is 0 Å². The SMILES string of the molecule is CCc1oc(C(F)(F)F)nc1C(=O)O. The summed E-state index contributed by atoms with van der Waals surface area (Å²) in [6, 6.07) is 0. The highest BCUT2D eigenvalue weighted by molar-refractivity contribution is 5.86. The maximum atomic E-state index is 12.0. The minimum Gasteiger partial charge on any atom is -0.476 e. The van der Waals surface area contributed by atoms with Crippen molar-refractivity contribution in [1.29, 1.82) is 0 Å². The second kappa shape index (κ2) is 3.32. The van der Waals surface area contributed by atoms with E-state index in [1.165, 1.54) is 6.92 Å². The number of aryl methyl sites for hydroxylation is 1. The molecule has 0 atom stereocenters. The summed E-state index contributed by atoms with van der Waals surface area (Å²) in [7, 11) is 0. The minimum atomic E-state index is -4.75. The number of hydrogen-bond donors (Lipinski definition) is 1. The van der Waals surface area contributed by atoms with E-state index in [9.17, 15) is 18.0 Å². The van der Waals surface area contributed by atoms with Gasteiger partial charge in [-0.25, -0.2) is 4.79 Å². The summed E-state index contributed by atoms with van der Waals surface area (Å²) in [4.78, 5) is 13.3. The molecule has 1 N–H and O–H groups in total. The molecular formula is C7H6F3NO3. The summed E-state index contributed by atoms with van der Waals surface area (Å²) in [6.45, 7) is 1.48. The number of carboxylic acid groups (broad SMARTS) is 1. The lowest BCUT2D eigenvalue weighted by Crippen LogP contribution is -2.06. The molecule has 0 fully saturated rings. The van der Waals surface area contributed by atoms with Gasteiger partial charge in [0.15, 0.2) is 5.69 Å². The number of aromatic carboxylic acids is 1. The lowest BCUT2D eigenvalue weighted by Gasteiger charge is -1.97. The molecule has 0 aliphatic heterocycles. The fraction of sp³-hybridized carbons (Fsp3) is 0.429. The molecular weight excluding hydrogens is 203 g/mol. The Hall–Kier alpha value is -1.53. The Morgan fingerprint density at radius 1 is 1.57 bits per heavy atom. The molecule has 0 saturated carbocycles. The standard InChI is InChI=1S/C7H6F3NO3/c1-2-3-4(5(12)13)11-6(14-3)7(8,9)10/h2H2,1H3,(H,12,13). The average molecular weight is 209 g/mol. The number of halogens is 3. The zero-order chi connectivity index (χ0) is 10.9. The summed E-state index contributed by atoms with van der Waals surface area (Å²) in [6.07, 6.45) is -4.71. The van der Waals surface area contributed by atoms with E-state index in [2.05, 4.69) is 9.40 Å². The van der Waals surface area contributed by atoms with E-state index < -0.39 is 23.7 Å². The number of rotatable bonds is 2. The second-order valence-electron chi connectivity index (χ2n) is 2.45.